The summed E-state index contributed by atoms with van der Waals surface area (Å²) in [5.74, 6) is 0.171. The molecule has 1 saturated carbocycles. The number of anilines is 1. The van der Waals surface area contributed by atoms with Crippen LogP contribution < -0.4 is 5.32 Å². The molecule has 5 heteroatoms. The van der Waals surface area contributed by atoms with Crippen molar-refractivity contribution in [2.75, 3.05) is 18.5 Å². The van der Waals surface area contributed by atoms with Gasteiger partial charge in [-0.1, -0.05) is 6.07 Å². The normalized spacial score (nSPS) is 16.8. The van der Waals surface area contributed by atoms with Gasteiger partial charge in [0, 0.05) is 36.9 Å². The topological polar surface area (TPSA) is 69.6 Å². The number of hydrogen-bond donors (Lipinski definition) is 2. The van der Waals surface area contributed by atoms with Gasteiger partial charge in [0.25, 0.3) is 0 Å². The van der Waals surface area contributed by atoms with Crippen molar-refractivity contribution in [3.8, 4) is 0 Å². The number of unbranched alkanes of at least 4 members (excludes halogenated alkanes) is 1. The molecule has 0 unspecified atom stereocenters. The molecular weight excluding hydrogens is 292 g/mol. The van der Waals surface area contributed by atoms with Crippen LogP contribution in [0.1, 0.15) is 54.4 Å². The summed E-state index contributed by atoms with van der Waals surface area (Å²) in [6, 6.07) is 5.87. The Labute approximate surface area is 136 Å². The van der Waals surface area contributed by atoms with Gasteiger partial charge in [-0.2, -0.15) is 0 Å². The van der Waals surface area contributed by atoms with Crippen LogP contribution in [0, 0.1) is 0 Å². The number of ketones is 1. The molecule has 5 nitrogen and oxygen atoms in total. The zero-order chi connectivity index (χ0) is 16.2. The van der Waals surface area contributed by atoms with Crippen LogP contribution in [-0.2, 0) is 6.42 Å². The molecule has 3 rings (SSSR count). The first-order valence-corrected chi connectivity index (χ1v) is 8.53. The number of carbonyl (C=O) groups is 2. The predicted molar refractivity (Wildman–Crippen MR) is 88.8 cm³/mol. The van der Waals surface area contributed by atoms with E-state index in [2.05, 4.69) is 5.32 Å². The van der Waals surface area contributed by atoms with E-state index < -0.39 is 0 Å². The maximum Gasteiger partial charge on any atom is 0.322 e. The van der Waals surface area contributed by atoms with Crippen molar-refractivity contribution in [2.45, 2.75) is 51.0 Å². The number of benzene rings is 1. The Balaban J connectivity index is 1.66. The van der Waals surface area contributed by atoms with E-state index in [1.54, 1.807) is 0 Å². The monoisotopic (exact) mass is 316 g/mol. The average Bonchev–Trinajstić information content (AvgIpc) is 3.37. The molecule has 0 heterocycles. The fourth-order valence-corrected chi connectivity index (χ4v) is 3.13. The van der Waals surface area contributed by atoms with Crippen LogP contribution in [0.3, 0.4) is 0 Å². The summed E-state index contributed by atoms with van der Waals surface area (Å²) in [4.78, 5) is 26.4. The van der Waals surface area contributed by atoms with E-state index in [0.29, 0.717) is 31.1 Å². The fraction of sp³-hybridized carbons (Fsp3) is 0.556. The molecule has 1 fully saturated rings. The lowest BCUT2D eigenvalue weighted by Crippen LogP contribution is -2.37. The van der Waals surface area contributed by atoms with Crippen LogP contribution in [0.15, 0.2) is 18.2 Å². The van der Waals surface area contributed by atoms with E-state index >= 15 is 0 Å². The number of rotatable bonds is 6. The molecule has 0 atom stereocenters. The summed E-state index contributed by atoms with van der Waals surface area (Å²) in [6.45, 7) is 0.827. The van der Waals surface area contributed by atoms with Crippen molar-refractivity contribution in [2.24, 2.45) is 0 Å². The van der Waals surface area contributed by atoms with Crippen LogP contribution in [0.2, 0.25) is 0 Å². The lowest BCUT2D eigenvalue weighted by atomic mass is 9.90. The fourth-order valence-electron chi connectivity index (χ4n) is 3.13. The Morgan fingerprint density at radius 3 is 2.83 bits per heavy atom. The number of aliphatic hydroxyl groups is 1. The molecule has 1 aromatic rings. The number of aliphatic hydroxyl groups excluding tert-OH is 1. The molecule has 0 aromatic heterocycles. The van der Waals surface area contributed by atoms with Crippen LogP contribution >= 0.6 is 0 Å². The Bertz CT molecular complexity index is 596. The van der Waals surface area contributed by atoms with Gasteiger partial charge in [-0.3, -0.25) is 4.79 Å². The van der Waals surface area contributed by atoms with Crippen LogP contribution in [0.25, 0.3) is 0 Å². The number of carbonyl (C=O) groups excluding carboxylic acids is 2. The van der Waals surface area contributed by atoms with Crippen LogP contribution in [0.5, 0.6) is 0 Å². The molecule has 0 radical (unpaired) electrons. The maximum atomic E-state index is 12.5. The third-order valence-corrected chi connectivity index (χ3v) is 4.57. The average molecular weight is 316 g/mol. The molecule has 2 aliphatic rings. The number of nitrogens with zero attached hydrogens (tertiary/aromatic N) is 1. The van der Waals surface area contributed by atoms with E-state index in [4.69, 9.17) is 5.11 Å². The number of hydrogen-bond acceptors (Lipinski definition) is 3. The summed E-state index contributed by atoms with van der Waals surface area (Å²) >= 11 is 0. The highest BCUT2D eigenvalue weighted by atomic mass is 16.3. The first-order chi connectivity index (χ1) is 11.2. The van der Waals surface area contributed by atoms with Gasteiger partial charge in [0.1, 0.15) is 0 Å². The van der Waals surface area contributed by atoms with Crippen molar-refractivity contribution in [3.63, 3.8) is 0 Å². The van der Waals surface area contributed by atoms with Crippen LogP contribution in [0.4, 0.5) is 10.5 Å². The Morgan fingerprint density at radius 1 is 1.26 bits per heavy atom. The van der Waals surface area contributed by atoms with Gasteiger partial charge in [-0.25, -0.2) is 4.79 Å². The Morgan fingerprint density at radius 2 is 2.09 bits per heavy atom. The lowest BCUT2D eigenvalue weighted by Gasteiger charge is -2.23. The lowest BCUT2D eigenvalue weighted by molar-refractivity contribution is 0.0972. The standard InChI is InChI=1S/C18H24N2O3/c21-11-2-1-10-20(15-8-9-15)18(23)19-14-7-6-13-4-3-5-17(22)16(13)12-14/h6-7,12,15,21H,1-5,8-11H2,(H,19,23). The third-order valence-electron chi connectivity index (χ3n) is 4.57. The van der Waals surface area contributed by atoms with Gasteiger partial charge in [0.05, 0.1) is 0 Å². The quantitative estimate of drug-likeness (QED) is 0.793. The molecule has 23 heavy (non-hydrogen) atoms. The molecule has 2 aliphatic carbocycles. The number of urea groups is 1. The second-order valence-corrected chi connectivity index (χ2v) is 6.43. The van der Waals surface area contributed by atoms with Gasteiger partial charge in [-0.05, 0) is 56.2 Å². The minimum atomic E-state index is -0.103. The minimum absolute atomic E-state index is 0.103. The minimum Gasteiger partial charge on any atom is -0.396 e. The van der Waals surface area contributed by atoms with Gasteiger partial charge >= 0.3 is 6.03 Å². The van der Waals surface area contributed by atoms with E-state index in [9.17, 15) is 9.59 Å². The van der Waals surface area contributed by atoms with E-state index in [1.807, 2.05) is 23.1 Å². The van der Waals surface area contributed by atoms with Crippen molar-refractivity contribution in [1.82, 2.24) is 4.90 Å². The van der Waals surface area contributed by atoms with Crippen LogP contribution in [-0.4, -0.2) is 41.0 Å². The third kappa shape index (κ3) is 3.91. The molecule has 0 saturated heterocycles. The Kier molecular flexibility index (Phi) is 4.96. The summed E-state index contributed by atoms with van der Waals surface area (Å²) < 4.78 is 0. The Hall–Kier alpha value is -1.88. The molecule has 2 amide bonds. The van der Waals surface area contributed by atoms with Gasteiger partial charge in [-0.15, -0.1) is 0 Å². The predicted octanol–water partition coefficient (Wildman–Crippen LogP) is 2.97. The summed E-state index contributed by atoms with van der Waals surface area (Å²) in [6.07, 6.45) is 6.07. The maximum absolute atomic E-state index is 12.5. The molecule has 2 N–H and O–H groups in total. The molecule has 0 bridgehead atoms. The second kappa shape index (κ2) is 7.13. The second-order valence-electron chi connectivity index (χ2n) is 6.43. The van der Waals surface area contributed by atoms with Crippen molar-refractivity contribution >= 4 is 17.5 Å². The highest BCUT2D eigenvalue weighted by Gasteiger charge is 2.32. The van der Waals surface area contributed by atoms with E-state index in [-0.39, 0.29) is 18.4 Å². The summed E-state index contributed by atoms with van der Waals surface area (Å²) in [5, 5.41) is 11.8. The first-order valence-electron chi connectivity index (χ1n) is 8.53. The molecule has 1 aromatic carbocycles. The number of fused-ring (bicyclic) bond motifs is 1. The largest absolute Gasteiger partial charge is 0.396 e. The highest BCUT2D eigenvalue weighted by molar-refractivity contribution is 6.00. The first kappa shape index (κ1) is 16.0. The molecule has 124 valence electrons. The smallest absolute Gasteiger partial charge is 0.322 e. The number of amides is 2. The highest BCUT2D eigenvalue weighted by Crippen LogP contribution is 2.29. The molecule has 0 aliphatic heterocycles. The number of aryl methyl sites for hydroxylation is 1. The van der Waals surface area contributed by atoms with E-state index in [0.717, 1.165) is 43.2 Å². The van der Waals surface area contributed by atoms with Crippen molar-refractivity contribution in [3.05, 3.63) is 29.3 Å². The van der Waals surface area contributed by atoms with Gasteiger partial charge in [0.2, 0.25) is 0 Å². The van der Waals surface area contributed by atoms with Crippen molar-refractivity contribution < 1.29 is 14.7 Å². The summed E-state index contributed by atoms with van der Waals surface area (Å²) in [5.41, 5.74) is 2.53. The SMILES string of the molecule is O=C1CCCc2ccc(NC(=O)N(CCCCO)C3CC3)cc21. The number of Topliss-reactive ketones (excluding diaryl/α,β-unsaturated/α-hetero) is 1. The zero-order valence-corrected chi connectivity index (χ0v) is 13.4. The molecule has 0 spiro atoms. The van der Waals surface area contributed by atoms with Gasteiger partial charge < -0.3 is 15.3 Å². The zero-order valence-electron chi connectivity index (χ0n) is 13.4. The molecular formula is C18H24N2O3. The van der Waals surface area contributed by atoms with Crippen molar-refractivity contribution in [1.29, 1.82) is 0 Å². The summed E-state index contributed by atoms with van der Waals surface area (Å²) in [7, 11) is 0. The van der Waals surface area contributed by atoms with E-state index in [1.165, 1.54) is 0 Å². The van der Waals surface area contributed by atoms with Gasteiger partial charge in [0.15, 0.2) is 5.78 Å². The number of nitrogens with one attached hydrogen (secondary N) is 1.